The van der Waals surface area contributed by atoms with Gasteiger partial charge in [0, 0.05) is 18.0 Å². The second kappa shape index (κ2) is 4.92. The monoisotopic (exact) mass is 262 g/mol. The normalized spacial score (nSPS) is 10.2. The van der Waals surface area contributed by atoms with Gasteiger partial charge in [0.05, 0.1) is 10.5 Å². The number of nitrogen functional groups attached to an aromatic ring is 1. The van der Waals surface area contributed by atoms with E-state index in [9.17, 15) is 9.59 Å². The third-order valence-electron chi connectivity index (χ3n) is 2.16. The summed E-state index contributed by atoms with van der Waals surface area (Å²) in [7, 11) is 0. The minimum absolute atomic E-state index is 0.275. The van der Waals surface area contributed by atoms with E-state index in [4.69, 9.17) is 11.5 Å². The molecule has 0 bridgehead atoms. The van der Waals surface area contributed by atoms with Crippen molar-refractivity contribution in [2.75, 3.05) is 5.73 Å². The fourth-order valence-corrected chi connectivity index (χ4v) is 2.29. The lowest BCUT2D eigenvalue weighted by atomic mass is 10.2. The zero-order valence-electron chi connectivity index (χ0n) is 9.21. The standard InChI is InChI=1S/C11H10N4O2S/c12-7-3-1-2-6(10(13)17)9(7)18-11-14-5-4-8(16)15-11/h1-5H,12H2,(H2,13,17)(H,14,15,16). The molecular formula is C11H10N4O2S. The fraction of sp³-hybridized carbons (Fsp3) is 0. The SMILES string of the molecule is NC(=O)c1cccc(N)c1Sc1nccc(=O)[nH]1. The largest absolute Gasteiger partial charge is 0.398 e. The maximum Gasteiger partial charge on any atom is 0.251 e. The van der Waals surface area contributed by atoms with Gasteiger partial charge < -0.3 is 16.5 Å². The van der Waals surface area contributed by atoms with Crippen LogP contribution in [-0.2, 0) is 0 Å². The Bertz CT molecular complexity index is 653. The van der Waals surface area contributed by atoms with E-state index >= 15 is 0 Å². The van der Waals surface area contributed by atoms with E-state index in [1.54, 1.807) is 18.2 Å². The summed E-state index contributed by atoms with van der Waals surface area (Å²) < 4.78 is 0. The van der Waals surface area contributed by atoms with Gasteiger partial charge in [-0.3, -0.25) is 9.59 Å². The van der Waals surface area contributed by atoms with Gasteiger partial charge in [0.15, 0.2) is 5.16 Å². The van der Waals surface area contributed by atoms with Crippen LogP contribution in [0.4, 0.5) is 5.69 Å². The molecule has 18 heavy (non-hydrogen) atoms. The van der Waals surface area contributed by atoms with Gasteiger partial charge in [-0.1, -0.05) is 6.07 Å². The van der Waals surface area contributed by atoms with Crippen LogP contribution >= 0.6 is 11.8 Å². The maximum atomic E-state index is 11.3. The van der Waals surface area contributed by atoms with Crippen molar-refractivity contribution in [1.29, 1.82) is 0 Å². The zero-order chi connectivity index (χ0) is 13.1. The maximum absolute atomic E-state index is 11.3. The Morgan fingerprint density at radius 1 is 1.33 bits per heavy atom. The van der Waals surface area contributed by atoms with Crippen molar-refractivity contribution in [3.63, 3.8) is 0 Å². The number of primary amides is 1. The van der Waals surface area contributed by atoms with Gasteiger partial charge in [-0.15, -0.1) is 0 Å². The molecule has 2 aromatic rings. The first kappa shape index (κ1) is 12.2. The van der Waals surface area contributed by atoms with Gasteiger partial charge in [-0.2, -0.15) is 0 Å². The molecule has 5 N–H and O–H groups in total. The number of rotatable bonds is 3. The lowest BCUT2D eigenvalue weighted by Crippen LogP contribution is -2.13. The average Bonchev–Trinajstić information content (AvgIpc) is 2.31. The molecule has 1 aromatic heterocycles. The highest BCUT2D eigenvalue weighted by Crippen LogP contribution is 2.32. The van der Waals surface area contributed by atoms with Crippen LogP contribution in [-0.4, -0.2) is 15.9 Å². The topological polar surface area (TPSA) is 115 Å². The Balaban J connectivity index is 2.45. The Morgan fingerprint density at radius 2 is 2.11 bits per heavy atom. The molecular weight excluding hydrogens is 252 g/mol. The van der Waals surface area contributed by atoms with E-state index in [2.05, 4.69) is 9.97 Å². The number of nitrogens with two attached hydrogens (primary N) is 2. The fourth-order valence-electron chi connectivity index (χ4n) is 1.36. The van der Waals surface area contributed by atoms with Crippen LogP contribution in [0.15, 0.2) is 45.3 Å². The molecule has 0 spiro atoms. The molecule has 6 nitrogen and oxygen atoms in total. The zero-order valence-corrected chi connectivity index (χ0v) is 10.0. The van der Waals surface area contributed by atoms with Crippen LogP contribution in [0.25, 0.3) is 0 Å². The summed E-state index contributed by atoms with van der Waals surface area (Å²) in [5, 5.41) is 0.350. The van der Waals surface area contributed by atoms with E-state index in [0.717, 1.165) is 11.8 Å². The second-order valence-corrected chi connectivity index (χ2v) is 4.43. The summed E-state index contributed by atoms with van der Waals surface area (Å²) in [5.74, 6) is -0.580. The number of aromatic nitrogens is 2. The van der Waals surface area contributed by atoms with Gasteiger partial charge in [0.2, 0.25) is 5.91 Å². The molecule has 0 radical (unpaired) electrons. The van der Waals surface area contributed by atoms with Gasteiger partial charge in [-0.25, -0.2) is 4.98 Å². The average molecular weight is 262 g/mol. The molecule has 92 valence electrons. The summed E-state index contributed by atoms with van der Waals surface area (Å²) >= 11 is 1.09. The lowest BCUT2D eigenvalue weighted by Gasteiger charge is -2.08. The number of anilines is 1. The number of hydrogen-bond donors (Lipinski definition) is 3. The molecule has 1 heterocycles. The van der Waals surface area contributed by atoms with Crippen molar-refractivity contribution >= 4 is 23.4 Å². The van der Waals surface area contributed by atoms with E-state index in [-0.39, 0.29) is 5.56 Å². The van der Waals surface area contributed by atoms with Crippen LogP contribution in [0, 0.1) is 0 Å². The number of aromatic amines is 1. The molecule has 0 saturated carbocycles. The van der Waals surface area contributed by atoms with Gasteiger partial charge in [-0.05, 0) is 23.9 Å². The highest BCUT2D eigenvalue weighted by molar-refractivity contribution is 7.99. The van der Waals surface area contributed by atoms with Crippen LogP contribution in [0.1, 0.15) is 10.4 Å². The van der Waals surface area contributed by atoms with Crippen LogP contribution in [0.3, 0.4) is 0 Å². The van der Waals surface area contributed by atoms with Gasteiger partial charge in [0.1, 0.15) is 0 Å². The van der Waals surface area contributed by atoms with Crippen molar-refractivity contribution in [1.82, 2.24) is 9.97 Å². The number of amides is 1. The van der Waals surface area contributed by atoms with Crippen molar-refractivity contribution < 1.29 is 4.79 Å². The highest BCUT2D eigenvalue weighted by Gasteiger charge is 2.13. The molecule has 2 rings (SSSR count). The molecule has 0 aliphatic carbocycles. The number of benzene rings is 1. The van der Waals surface area contributed by atoms with E-state index in [1.807, 2.05) is 0 Å². The summed E-state index contributed by atoms with van der Waals surface area (Å²) in [6.45, 7) is 0. The first-order valence-electron chi connectivity index (χ1n) is 4.99. The van der Waals surface area contributed by atoms with E-state index < -0.39 is 5.91 Å². The predicted octanol–water partition coefficient (Wildman–Crippen LogP) is 0.602. The summed E-state index contributed by atoms with van der Waals surface area (Å²) in [4.78, 5) is 29.4. The second-order valence-electron chi connectivity index (χ2n) is 3.43. The minimum Gasteiger partial charge on any atom is -0.398 e. The molecule has 0 unspecified atom stereocenters. The number of nitrogens with zero attached hydrogens (tertiary/aromatic N) is 1. The highest BCUT2D eigenvalue weighted by atomic mass is 32.2. The first-order valence-corrected chi connectivity index (χ1v) is 5.81. The first-order chi connectivity index (χ1) is 8.58. The molecule has 1 amide bonds. The quantitative estimate of drug-likeness (QED) is 0.553. The Morgan fingerprint density at radius 3 is 2.78 bits per heavy atom. The number of carbonyl (C=O) groups excluding carboxylic acids is 1. The molecule has 0 aliphatic rings. The number of carbonyl (C=O) groups is 1. The summed E-state index contributed by atoms with van der Waals surface area (Å²) in [5.41, 5.74) is 11.5. The van der Waals surface area contributed by atoms with Crippen molar-refractivity contribution in [2.24, 2.45) is 5.73 Å². The lowest BCUT2D eigenvalue weighted by molar-refractivity contribution is 0.0997. The van der Waals surface area contributed by atoms with Crippen LogP contribution in [0.2, 0.25) is 0 Å². The van der Waals surface area contributed by atoms with Crippen molar-refractivity contribution in [2.45, 2.75) is 10.1 Å². The van der Waals surface area contributed by atoms with Crippen LogP contribution in [0.5, 0.6) is 0 Å². The number of nitrogens with one attached hydrogen (secondary N) is 1. The molecule has 0 aliphatic heterocycles. The smallest absolute Gasteiger partial charge is 0.251 e. The van der Waals surface area contributed by atoms with E-state index in [0.29, 0.717) is 21.3 Å². The Labute approximate surface area is 106 Å². The number of hydrogen-bond acceptors (Lipinski definition) is 5. The Kier molecular flexibility index (Phi) is 3.33. The summed E-state index contributed by atoms with van der Waals surface area (Å²) in [6.07, 6.45) is 1.38. The summed E-state index contributed by atoms with van der Waals surface area (Å²) in [6, 6.07) is 6.16. The van der Waals surface area contributed by atoms with Gasteiger partial charge in [0.25, 0.3) is 5.56 Å². The Hall–Kier alpha value is -2.28. The molecule has 1 aromatic carbocycles. The third kappa shape index (κ3) is 2.51. The third-order valence-corrected chi connectivity index (χ3v) is 3.22. The predicted molar refractivity (Wildman–Crippen MR) is 68.4 cm³/mol. The molecule has 0 fully saturated rings. The number of H-pyrrole nitrogens is 1. The van der Waals surface area contributed by atoms with E-state index in [1.165, 1.54) is 12.3 Å². The van der Waals surface area contributed by atoms with Crippen molar-refractivity contribution in [3.05, 3.63) is 46.4 Å². The minimum atomic E-state index is -0.580. The van der Waals surface area contributed by atoms with Gasteiger partial charge >= 0.3 is 0 Å². The van der Waals surface area contributed by atoms with Crippen LogP contribution < -0.4 is 17.0 Å². The molecule has 7 heteroatoms. The van der Waals surface area contributed by atoms with Crippen molar-refractivity contribution in [3.8, 4) is 0 Å². The molecule has 0 saturated heterocycles. The molecule has 0 atom stereocenters.